The molecule has 492 valence electrons. The first kappa shape index (κ1) is 81.1. The second-order valence-corrected chi connectivity index (χ2v) is 26.5. The first-order chi connectivity index (χ1) is 40.0. The molecule has 0 saturated carbocycles. The minimum atomic E-state index is -4.94. The van der Waals surface area contributed by atoms with Crippen LogP contribution in [0, 0.1) is 5.92 Å². The molecule has 19 heteroatoms. The molecule has 0 heterocycles. The zero-order valence-electron chi connectivity index (χ0n) is 53.3. The van der Waals surface area contributed by atoms with Gasteiger partial charge in [0, 0.05) is 25.7 Å². The molecule has 0 aliphatic heterocycles. The number of phosphoric ester groups is 2. The Hall–Kier alpha value is -1.94. The number of carbonyl (C=O) groups excluding carboxylic acids is 4. The van der Waals surface area contributed by atoms with Crippen LogP contribution >= 0.6 is 15.6 Å². The van der Waals surface area contributed by atoms with Crippen LogP contribution in [0.4, 0.5) is 0 Å². The molecule has 2 unspecified atom stereocenters. The lowest BCUT2D eigenvalue weighted by Crippen LogP contribution is -2.30. The van der Waals surface area contributed by atoms with Crippen LogP contribution < -0.4 is 0 Å². The number of ether oxygens (including phenoxy) is 4. The highest BCUT2D eigenvalue weighted by Gasteiger charge is 2.30. The van der Waals surface area contributed by atoms with Crippen LogP contribution in [0.25, 0.3) is 0 Å². The van der Waals surface area contributed by atoms with Crippen LogP contribution in [0.1, 0.15) is 324 Å². The Labute approximate surface area is 505 Å². The molecule has 0 saturated heterocycles. The van der Waals surface area contributed by atoms with Crippen LogP contribution in [-0.4, -0.2) is 96.7 Å². The van der Waals surface area contributed by atoms with Gasteiger partial charge < -0.3 is 33.8 Å². The van der Waals surface area contributed by atoms with Crippen molar-refractivity contribution < 1.29 is 80.2 Å². The lowest BCUT2D eigenvalue weighted by atomic mass is 10.0. The molecule has 0 aromatic heterocycles. The first-order valence-electron chi connectivity index (χ1n) is 33.6. The Balaban J connectivity index is 5.23. The normalized spacial score (nSPS) is 14.2. The molecule has 3 N–H and O–H groups in total. The standard InChI is InChI=1S/C64H124O17P2/c1-6-9-12-15-18-21-24-25-26-29-34-40-45-50-64(69)81-60(54-75-62(67)48-43-38-35-30-31-36-41-46-57(4)5)56-79-83(72,73)77-52-58(65)51-76-82(70,71)78-55-59(80-63(68)49-44-39-33-28-23-20-17-14-11-8-3)53-74-61(66)47-42-37-32-27-22-19-16-13-10-7-2/h57-60,65H,6-56H2,1-5H3,(H,70,71)(H,72,73)/t58-,59+,60+/m0/s1. The highest BCUT2D eigenvalue weighted by molar-refractivity contribution is 7.47. The monoisotopic (exact) mass is 1230 g/mol. The van der Waals surface area contributed by atoms with E-state index in [0.29, 0.717) is 31.6 Å². The molecule has 5 atom stereocenters. The van der Waals surface area contributed by atoms with Crippen molar-refractivity contribution in [3.63, 3.8) is 0 Å². The van der Waals surface area contributed by atoms with Crippen LogP contribution in [0.2, 0.25) is 0 Å². The smallest absolute Gasteiger partial charge is 0.462 e. The summed E-state index contributed by atoms with van der Waals surface area (Å²) in [6.45, 7) is 7.13. The number of esters is 4. The molecule has 0 bridgehead atoms. The molecule has 17 nitrogen and oxygen atoms in total. The number of hydrogen-bond donors (Lipinski definition) is 3. The fourth-order valence-electron chi connectivity index (χ4n) is 9.58. The van der Waals surface area contributed by atoms with Crippen LogP contribution in [0.3, 0.4) is 0 Å². The summed E-state index contributed by atoms with van der Waals surface area (Å²) in [5.41, 5.74) is 0. The number of phosphoric acid groups is 2. The average molecular weight is 1230 g/mol. The van der Waals surface area contributed by atoms with Gasteiger partial charge in [-0.05, 0) is 31.6 Å². The summed E-state index contributed by atoms with van der Waals surface area (Å²) in [7, 11) is -9.88. The predicted molar refractivity (Wildman–Crippen MR) is 331 cm³/mol. The summed E-state index contributed by atoms with van der Waals surface area (Å²) in [6.07, 6.45) is 41.6. The van der Waals surface area contributed by atoms with Gasteiger partial charge >= 0.3 is 39.5 Å². The quantitative estimate of drug-likeness (QED) is 0.0222. The van der Waals surface area contributed by atoms with Gasteiger partial charge in [0.2, 0.25) is 0 Å². The van der Waals surface area contributed by atoms with Crippen molar-refractivity contribution in [2.75, 3.05) is 39.6 Å². The summed E-state index contributed by atoms with van der Waals surface area (Å²) in [5.74, 6) is -1.43. The van der Waals surface area contributed by atoms with Gasteiger partial charge in [-0.2, -0.15) is 0 Å². The van der Waals surface area contributed by atoms with Crippen molar-refractivity contribution in [2.24, 2.45) is 5.92 Å². The molecular formula is C64H124O17P2. The van der Waals surface area contributed by atoms with E-state index in [1.54, 1.807) is 0 Å². The van der Waals surface area contributed by atoms with Gasteiger partial charge in [-0.3, -0.25) is 37.3 Å². The predicted octanol–water partition coefficient (Wildman–Crippen LogP) is 17.8. The molecular weight excluding hydrogens is 1100 g/mol. The van der Waals surface area contributed by atoms with Crippen LogP contribution in [-0.2, 0) is 65.4 Å². The van der Waals surface area contributed by atoms with E-state index in [1.807, 2.05) is 0 Å². The SMILES string of the molecule is CCCCCCCCCCCCCCCC(=O)O[C@H](COC(=O)CCCCCCCCCC(C)C)COP(=O)(O)OC[C@@H](O)COP(=O)(O)OC[C@@H](COC(=O)CCCCCCCCCCCC)OC(=O)CCCCCCCCCCCC. The summed E-state index contributed by atoms with van der Waals surface area (Å²) in [5, 5.41) is 10.5. The maximum Gasteiger partial charge on any atom is 0.472 e. The van der Waals surface area contributed by atoms with E-state index < -0.39 is 97.5 Å². The van der Waals surface area contributed by atoms with Crippen molar-refractivity contribution in [1.82, 2.24) is 0 Å². The minimum Gasteiger partial charge on any atom is -0.462 e. The van der Waals surface area contributed by atoms with Crippen molar-refractivity contribution in [3.8, 4) is 0 Å². The maximum absolute atomic E-state index is 13.0. The summed E-state index contributed by atoms with van der Waals surface area (Å²) >= 11 is 0. The molecule has 83 heavy (non-hydrogen) atoms. The molecule has 0 radical (unpaired) electrons. The van der Waals surface area contributed by atoms with E-state index in [2.05, 4.69) is 34.6 Å². The molecule has 0 aromatic carbocycles. The average Bonchev–Trinajstić information content (AvgIpc) is 3.47. The Morgan fingerprint density at radius 1 is 0.325 bits per heavy atom. The third kappa shape index (κ3) is 58.8. The highest BCUT2D eigenvalue weighted by Crippen LogP contribution is 2.45. The third-order valence-corrected chi connectivity index (χ3v) is 16.7. The Morgan fingerprint density at radius 3 is 0.819 bits per heavy atom. The minimum absolute atomic E-state index is 0.106. The van der Waals surface area contributed by atoms with Crippen molar-refractivity contribution in [2.45, 2.75) is 342 Å². The van der Waals surface area contributed by atoms with Crippen LogP contribution in [0.15, 0.2) is 0 Å². The van der Waals surface area contributed by atoms with E-state index in [9.17, 15) is 43.2 Å². The van der Waals surface area contributed by atoms with E-state index in [0.717, 1.165) is 96.3 Å². The van der Waals surface area contributed by atoms with E-state index in [1.165, 1.54) is 141 Å². The number of hydrogen-bond acceptors (Lipinski definition) is 15. The molecule has 0 spiro atoms. The second-order valence-electron chi connectivity index (χ2n) is 23.6. The Kier molecular flexibility index (Phi) is 56.4. The fraction of sp³-hybridized carbons (Fsp3) is 0.938. The molecule has 0 amide bonds. The van der Waals surface area contributed by atoms with Crippen molar-refractivity contribution >= 4 is 39.5 Å². The van der Waals surface area contributed by atoms with Crippen molar-refractivity contribution in [3.05, 3.63) is 0 Å². The number of carbonyl (C=O) groups is 4. The maximum atomic E-state index is 13.0. The van der Waals surface area contributed by atoms with E-state index in [-0.39, 0.29) is 25.7 Å². The van der Waals surface area contributed by atoms with Gasteiger partial charge in [0.05, 0.1) is 26.4 Å². The third-order valence-electron chi connectivity index (χ3n) is 14.8. The molecule has 0 rings (SSSR count). The Morgan fingerprint density at radius 2 is 0.554 bits per heavy atom. The number of aliphatic hydroxyl groups is 1. The van der Waals surface area contributed by atoms with E-state index >= 15 is 0 Å². The first-order valence-corrected chi connectivity index (χ1v) is 36.6. The largest absolute Gasteiger partial charge is 0.472 e. The molecule has 0 aliphatic rings. The van der Waals surface area contributed by atoms with Crippen molar-refractivity contribution in [1.29, 1.82) is 0 Å². The van der Waals surface area contributed by atoms with Gasteiger partial charge in [-0.15, -0.1) is 0 Å². The van der Waals surface area contributed by atoms with Gasteiger partial charge in [0.1, 0.15) is 19.3 Å². The van der Waals surface area contributed by atoms with E-state index in [4.69, 9.17) is 37.0 Å². The van der Waals surface area contributed by atoms with Gasteiger partial charge in [-0.1, -0.05) is 272 Å². The lowest BCUT2D eigenvalue weighted by Gasteiger charge is -2.21. The Bertz CT molecular complexity index is 1620. The molecule has 0 aliphatic carbocycles. The number of aliphatic hydroxyl groups excluding tert-OH is 1. The second kappa shape index (κ2) is 57.8. The fourth-order valence-corrected chi connectivity index (χ4v) is 11.2. The summed E-state index contributed by atoms with van der Waals surface area (Å²) in [6, 6.07) is 0. The van der Waals surface area contributed by atoms with Crippen LogP contribution in [0.5, 0.6) is 0 Å². The molecule has 0 aromatic rings. The zero-order chi connectivity index (χ0) is 61.3. The van der Waals surface area contributed by atoms with Gasteiger partial charge in [0.25, 0.3) is 0 Å². The number of rotatable bonds is 64. The lowest BCUT2D eigenvalue weighted by molar-refractivity contribution is -0.161. The van der Waals surface area contributed by atoms with Gasteiger partial charge in [-0.25, -0.2) is 9.13 Å². The zero-order valence-corrected chi connectivity index (χ0v) is 55.1. The highest BCUT2D eigenvalue weighted by atomic mass is 31.2. The summed E-state index contributed by atoms with van der Waals surface area (Å²) < 4.78 is 68.0. The summed E-state index contributed by atoms with van der Waals surface area (Å²) in [4.78, 5) is 72.2. The topological polar surface area (TPSA) is 237 Å². The van der Waals surface area contributed by atoms with Gasteiger partial charge in [0.15, 0.2) is 12.2 Å². The molecule has 0 fully saturated rings. The number of unbranched alkanes of at least 4 members (excludes halogenated alkanes) is 36.